The van der Waals surface area contributed by atoms with Crippen molar-refractivity contribution in [2.45, 2.75) is 136 Å². The first kappa shape index (κ1) is 26.0. The van der Waals surface area contributed by atoms with Crippen molar-refractivity contribution in [1.29, 1.82) is 0 Å². The zero-order chi connectivity index (χ0) is 21.5. The Morgan fingerprint density at radius 2 is 1.03 bits per heavy atom. The first-order valence-corrected chi connectivity index (χ1v) is 12.5. The highest BCUT2D eigenvalue weighted by molar-refractivity contribution is 6.20. The van der Waals surface area contributed by atoms with Crippen molar-refractivity contribution in [1.82, 2.24) is 0 Å². The third kappa shape index (κ3) is 11.7. The Hall–Kier alpha value is -0.990. The molecule has 0 heterocycles. The third-order valence-corrected chi connectivity index (χ3v) is 6.30. The molecule has 29 heavy (non-hydrogen) atoms. The van der Waals surface area contributed by atoms with E-state index in [-0.39, 0.29) is 22.8 Å². The minimum Gasteiger partial charge on any atom is -0.298 e. The molecule has 0 aromatic rings. The number of unbranched alkanes of at least 4 members (excludes halogenated alkanes) is 14. The molecule has 3 nitrogen and oxygen atoms in total. The van der Waals surface area contributed by atoms with E-state index in [1.54, 1.807) is 0 Å². The lowest BCUT2D eigenvalue weighted by Crippen LogP contribution is -2.41. The Morgan fingerprint density at radius 3 is 1.41 bits per heavy atom. The van der Waals surface area contributed by atoms with Crippen LogP contribution in [0.2, 0.25) is 0 Å². The van der Waals surface area contributed by atoms with Crippen molar-refractivity contribution < 1.29 is 14.4 Å². The summed E-state index contributed by atoms with van der Waals surface area (Å²) in [6, 6.07) is 0. The molecule has 1 rings (SSSR count). The maximum absolute atomic E-state index is 12.3. The largest absolute Gasteiger partial charge is 0.298 e. The van der Waals surface area contributed by atoms with Crippen LogP contribution in [0.4, 0.5) is 0 Å². The van der Waals surface area contributed by atoms with Gasteiger partial charge in [-0.15, -0.1) is 0 Å². The molecule has 0 spiro atoms. The summed E-state index contributed by atoms with van der Waals surface area (Å²) in [5.41, 5.74) is -0.278. The van der Waals surface area contributed by atoms with E-state index in [1.165, 1.54) is 77.0 Å². The number of ketones is 3. The standard InChI is InChI=1S/C26H46O3/c1-4-5-6-7-8-9-10-11-12-13-14-15-16-17-18-19-22(27)25-23(28)20-26(2,3)21-24(25)29/h25H,4-21H2,1-3H3. The summed E-state index contributed by atoms with van der Waals surface area (Å²) in [7, 11) is 0. The van der Waals surface area contributed by atoms with Gasteiger partial charge in [-0.05, 0) is 11.8 Å². The molecule has 0 N–H and O–H groups in total. The SMILES string of the molecule is CCCCCCCCCCCCCCCCCC(=O)C1C(=O)CC(C)(C)CC1=O. The molecular weight excluding hydrogens is 360 g/mol. The summed E-state index contributed by atoms with van der Waals surface area (Å²) in [5.74, 6) is -1.39. The Labute approximate surface area is 179 Å². The second kappa shape index (κ2) is 14.9. The molecule has 0 atom stereocenters. The van der Waals surface area contributed by atoms with E-state index >= 15 is 0 Å². The van der Waals surface area contributed by atoms with E-state index in [9.17, 15) is 14.4 Å². The number of Topliss-reactive ketones (excluding diaryl/α,β-unsaturated/α-hetero) is 3. The van der Waals surface area contributed by atoms with Gasteiger partial charge in [-0.2, -0.15) is 0 Å². The summed E-state index contributed by atoms with van der Waals surface area (Å²) < 4.78 is 0. The summed E-state index contributed by atoms with van der Waals surface area (Å²) in [6.07, 6.45) is 20.4. The molecule has 0 amide bonds. The van der Waals surface area contributed by atoms with E-state index in [1.807, 2.05) is 13.8 Å². The molecule has 0 aromatic carbocycles. The van der Waals surface area contributed by atoms with E-state index in [0.29, 0.717) is 19.3 Å². The van der Waals surface area contributed by atoms with Crippen molar-refractivity contribution in [2.75, 3.05) is 0 Å². The maximum Gasteiger partial charge on any atom is 0.151 e. The highest BCUT2D eigenvalue weighted by Gasteiger charge is 2.42. The van der Waals surface area contributed by atoms with Crippen LogP contribution in [0.3, 0.4) is 0 Å². The second-order valence-electron chi connectivity index (χ2n) is 10.0. The van der Waals surface area contributed by atoms with Crippen molar-refractivity contribution in [2.24, 2.45) is 11.3 Å². The lowest BCUT2D eigenvalue weighted by molar-refractivity contribution is -0.145. The predicted molar refractivity (Wildman–Crippen MR) is 121 cm³/mol. The Morgan fingerprint density at radius 1 is 0.690 bits per heavy atom. The molecule has 0 unspecified atom stereocenters. The average molecular weight is 407 g/mol. The zero-order valence-corrected chi connectivity index (χ0v) is 19.5. The molecule has 1 aliphatic carbocycles. The molecular formula is C26H46O3. The first-order chi connectivity index (χ1) is 13.9. The summed E-state index contributed by atoms with van der Waals surface area (Å²) in [6.45, 7) is 6.12. The fourth-order valence-corrected chi connectivity index (χ4v) is 4.56. The summed E-state index contributed by atoms with van der Waals surface area (Å²) in [4.78, 5) is 36.7. The van der Waals surface area contributed by atoms with Gasteiger partial charge in [0.05, 0.1) is 0 Å². The van der Waals surface area contributed by atoms with Crippen LogP contribution in [0.1, 0.15) is 136 Å². The van der Waals surface area contributed by atoms with E-state index < -0.39 is 5.92 Å². The Kier molecular flexibility index (Phi) is 13.4. The fourth-order valence-electron chi connectivity index (χ4n) is 4.56. The van der Waals surface area contributed by atoms with Gasteiger partial charge in [0, 0.05) is 19.3 Å². The third-order valence-electron chi connectivity index (χ3n) is 6.30. The van der Waals surface area contributed by atoms with E-state index in [2.05, 4.69) is 6.92 Å². The quantitative estimate of drug-likeness (QED) is 0.187. The van der Waals surface area contributed by atoms with E-state index in [0.717, 1.165) is 19.3 Å². The average Bonchev–Trinajstić information content (AvgIpc) is 2.63. The van der Waals surface area contributed by atoms with Crippen LogP contribution in [0.15, 0.2) is 0 Å². The highest BCUT2D eigenvalue weighted by atomic mass is 16.2. The smallest absolute Gasteiger partial charge is 0.151 e. The van der Waals surface area contributed by atoms with Crippen LogP contribution in [0.25, 0.3) is 0 Å². The van der Waals surface area contributed by atoms with Gasteiger partial charge in [-0.3, -0.25) is 14.4 Å². The van der Waals surface area contributed by atoms with Gasteiger partial charge in [0.15, 0.2) is 17.3 Å². The van der Waals surface area contributed by atoms with Gasteiger partial charge in [-0.25, -0.2) is 0 Å². The molecule has 168 valence electrons. The van der Waals surface area contributed by atoms with Crippen LogP contribution in [-0.4, -0.2) is 17.3 Å². The molecule has 0 aliphatic heterocycles. The number of carbonyl (C=O) groups is 3. The molecule has 0 bridgehead atoms. The first-order valence-electron chi connectivity index (χ1n) is 12.5. The van der Waals surface area contributed by atoms with E-state index in [4.69, 9.17) is 0 Å². The topological polar surface area (TPSA) is 51.2 Å². The number of hydrogen-bond acceptors (Lipinski definition) is 3. The van der Waals surface area contributed by atoms with Crippen molar-refractivity contribution >= 4 is 17.3 Å². The molecule has 1 aliphatic rings. The summed E-state index contributed by atoms with van der Waals surface area (Å²) >= 11 is 0. The fraction of sp³-hybridized carbons (Fsp3) is 0.885. The molecule has 3 heteroatoms. The lowest BCUT2D eigenvalue weighted by atomic mass is 9.70. The maximum atomic E-state index is 12.3. The van der Waals surface area contributed by atoms with Crippen molar-refractivity contribution in [3.8, 4) is 0 Å². The molecule has 0 aromatic heterocycles. The molecule has 1 fully saturated rings. The van der Waals surface area contributed by atoms with Gasteiger partial charge in [0.25, 0.3) is 0 Å². The van der Waals surface area contributed by atoms with Gasteiger partial charge >= 0.3 is 0 Å². The number of rotatable bonds is 17. The second-order valence-corrected chi connectivity index (χ2v) is 10.0. The van der Waals surface area contributed by atoms with Crippen LogP contribution >= 0.6 is 0 Å². The van der Waals surface area contributed by atoms with Gasteiger partial charge in [-0.1, -0.05) is 111 Å². The predicted octanol–water partition coefficient (Wildman–Crippen LogP) is 7.39. The molecule has 1 saturated carbocycles. The minimum atomic E-state index is -0.949. The van der Waals surface area contributed by atoms with Gasteiger partial charge in [0.1, 0.15) is 5.92 Å². The minimum absolute atomic E-state index is 0.134. The van der Waals surface area contributed by atoms with Crippen LogP contribution in [0.5, 0.6) is 0 Å². The zero-order valence-electron chi connectivity index (χ0n) is 19.5. The Bertz CT molecular complexity index is 472. The lowest BCUT2D eigenvalue weighted by Gasteiger charge is -2.31. The van der Waals surface area contributed by atoms with Gasteiger partial charge < -0.3 is 0 Å². The number of carbonyl (C=O) groups excluding carboxylic acids is 3. The Balaban J connectivity index is 1.94. The normalized spacial score (nSPS) is 17.1. The van der Waals surface area contributed by atoms with Crippen molar-refractivity contribution in [3.05, 3.63) is 0 Å². The van der Waals surface area contributed by atoms with Crippen LogP contribution in [0, 0.1) is 11.3 Å². The highest BCUT2D eigenvalue weighted by Crippen LogP contribution is 2.34. The van der Waals surface area contributed by atoms with Crippen LogP contribution < -0.4 is 0 Å². The monoisotopic (exact) mass is 406 g/mol. The van der Waals surface area contributed by atoms with Gasteiger partial charge in [0.2, 0.25) is 0 Å². The van der Waals surface area contributed by atoms with Crippen LogP contribution in [-0.2, 0) is 14.4 Å². The molecule has 0 radical (unpaired) electrons. The molecule has 0 saturated heterocycles. The number of hydrogen-bond donors (Lipinski definition) is 0. The summed E-state index contributed by atoms with van der Waals surface area (Å²) in [5, 5.41) is 0. The van der Waals surface area contributed by atoms with Crippen molar-refractivity contribution in [3.63, 3.8) is 0 Å².